The number of anilines is 2. The van der Waals surface area contributed by atoms with E-state index in [2.05, 4.69) is 10.6 Å². The van der Waals surface area contributed by atoms with Gasteiger partial charge in [-0.05, 0) is 18.8 Å². The third-order valence-electron chi connectivity index (χ3n) is 2.86. The molecule has 0 bridgehead atoms. The van der Waals surface area contributed by atoms with Gasteiger partial charge in [0.2, 0.25) is 17.6 Å². The van der Waals surface area contributed by atoms with E-state index in [1.165, 1.54) is 6.07 Å². The van der Waals surface area contributed by atoms with Crippen molar-refractivity contribution < 1.29 is 19.1 Å². The summed E-state index contributed by atoms with van der Waals surface area (Å²) in [4.78, 5) is 22.3. The van der Waals surface area contributed by atoms with Gasteiger partial charge in [0, 0.05) is 6.07 Å². The second-order valence-electron chi connectivity index (χ2n) is 4.11. The van der Waals surface area contributed by atoms with Gasteiger partial charge in [-0.3, -0.25) is 4.79 Å². The summed E-state index contributed by atoms with van der Waals surface area (Å²) in [6, 6.07) is 1.02. The highest BCUT2D eigenvalue weighted by Gasteiger charge is 2.40. The van der Waals surface area contributed by atoms with Crippen molar-refractivity contribution in [1.29, 1.82) is 0 Å². The van der Waals surface area contributed by atoms with Crippen LogP contribution in [-0.2, 0) is 4.79 Å². The number of hydrogen-bond donors (Lipinski definition) is 3. The van der Waals surface area contributed by atoms with Crippen LogP contribution in [0.3, 0.4) is 0 Å². The van der Waals surface area contributed by atoms with Gasteiger partial charge in [0.25, 0.3) is 0 Å². The lowest BCUT2D eigenvalue weighted by atomic mass is 10.1. The molecule has 2 aliphatic rings. The molecule has 1 saturated carbocycles. The van der Waals surface area contributed by atoms with Gasteiger partial charge in [0.05, 0.1) is 0 Å². The summed E-state index contributed by atoms with van der Waals surface area (Å²) in [6.45, 7) is 0. The molecule has 1 fully saturated rings. The Morgan fingerprint density at radius 2 is 2.25 bits per heavy atom. The van der Waals surface area contributed by atoms with Crippen molar-refractivity contribution in [1.82, 2.24) is 0 Å². The molecule has 1 unspecified atom stereocenters. The van der Waals surface area contributed by atoms with Crippen LogP contribution in [0.5, 0.6) is 0 Å². The number of nitrogens with one attached hydrogen (secondary N) is 2. The summed E-state index contributed by atoms with van der Waals surface area (Å²) in [5, 5.41) is 14.3. The molecule has 0 aromatic carbocycles. The first-order valence-electron chi connectivity index (χ1n) is 5.09. The van der Waals surface area contributed by atoms with Gasteiger partial charge in [0.1, 0.15) is 11.7 Å². The zero-order chi connectivity index (χ0) is 11.3. The minimum absolute atomic E-state index is 0.118. The number of carboxylic acids is 1. The molecule has 84 valence electrons. The van der Waals surface area contributed by atoms with E-state index in [4.69, 9.17) is 9.52 Å². The highest BCUT2D eigenvalue weighted by Crippen LogP contribution is 2.39. The fraction of sp³-hybridized carbons (Fsp3) is 0.400. The first-order chi connectivity index (χ1) is 7.65. The highest BCUT2D eigenvalue weighted by molar-refractivity contribution is 6.03. The number of amides is 1. The Hall–Kier alpha value is -1.98. The smallest absolute Gasteiger partial charge is 0.371 e. The topological polar surface area (TPSA) is 91.6 Å². The van der Waals surface area contributed by atoms with Crippen LogP contribution in [0.15, 0.2) is 10.5 Å². The van der Waals surface area contributed by atoms with Gasteiger partial charge in [-0.15, -0.1) is 0 Å². The van der Waals surface area contributed by atoms with Crippen molar-refractivity contribution in [3.63, 3.8) is 0 Å². The second kappa shape index (κ2) is 3.01. The number of carbonyl (C=O) groups excluding carboxylic acids is 1. The summed E-state index contributed by atoms with van der Waals surface area (Å²) < 4.78 is 5.10. The molecule has 3 rings (SSSR count). The summed E-state index contributed by atoms with van der Waals surface area (Å²) in [5.74, 6) is -0.754. The van der Waals surface area contributed by atoms with E-state index in [-0.39, 0.29) is 17.7 Å². The molecule has 0 spiro atoms. The maximum absolute atomic E-state index is 11.7. The molecule has 1 aliphatic carbocycles. The second-order valence-corrected chi connectivity index (χ2v) is 4.11. The monoisotopic (exact) mass is 222 g/mol. The molecular formula is C10H10N2O4. The van der Waals surface area contributed by atoms with Crippen LogP contribution in [0.2, 0.25) is 0 Å². The number of rotatable bonds is 2. The standard InChI is InChI=1S/C10H10N2O4/c13-8-7(4-1-2-4)12-9-5(11-8)3-6(16-9)10(14)15/h3-4,7,12H,1-2H2,(H,11,13)(H,14,15). The highest BCUT2D eigenvalue weighted by atomic mass is 16.4. The predicted octanol–water partition coefficient (Wildman–Crippen LogP) is 1.12. The molecule has 16 heavy (non-hydrogen) atoms. The number of carbonyl (C=O) groups is 2. The SMILES string of the molecule is O=C(O)c1cc2c(o1)NC(C1CC1)C(=O)N2. The maximum atomic E-state index is 11.7. The van der Waals surface area contributed by atoms with Gasteiger partial charge < -0.3 is 20.2 Å². The normalized spacial score (nSPS) is 23.2. The molecule has 1 aliphatic heterocycles. The van der Waals surface area contributed by atoms with E-state index in [1.807, 2.05) is 0 Å². The van der Waals surface area contributed by atoms with Crippen LogP contribution in [-0.4, -0.2) is 23.0 Å². The Morgan fingerprint density at radius 1 is 1.50 bits per heavy atom. The van der Waals surface area contributed by atoms with Crippen molar-refractivity contribution in [3.05, 3.63) is 11.8 Å². The Kier molecular flexibility index (Phi) is 1.74. The van der Waals surface area contributed by atoms with Crippen molar-refractivity contribution in [2.45, 2.75) is 18.9 Å². The first-order valence-corrected chi connectivity index (χ1v) is 5.09. The minimum Gasteiger partial charge on any atom is -0.475 e. The molecule has 0 saturated heterocycles. The molecule has 6 heteroatoms. The van der Waals surface area contributed by atoms with Crippen molar-refractivity contribution in [3.8, 4) is 0 Å². The molecule has 2 heterocycles. The molecular weight excluding hydrogens is 212 g/mol. The number of fused-ring (bicyclic) bond motifs is 1. The molecule has 0 radical (unpaired) electrons. The maximum Gasteiger partial charge on any atom is 0.371 e. The third-order valence-corrected chi connectivity index (χ3v) is 2.86. The van der Waals surface area contributed by atoms with Crippen LogP contribution in [0.4, 0.5) is 11.6 Å². The molecule has 6 nitrogen and oxygen atoms in total. The first kappa shape index (κ1) is 9.26. The van der Waals surface area contributed by atoms with Crippen molar-refractivity contribution >= 4 is 23.4 Å². The van der Waals surface area contributed by atoms with Crippen LogP contribution in [0.25, 0.3) is 0 Å². The largest absolute Gasteiger partial charge is 0.475 e. The van der Waals surface area contributed by atoms with Gasteiger partial charge >= 0.3 is 5.97 Å². The number of carboxylic acid groups (broad SMARTS) is 1. The van der Waals surface area contributed by atoms with Crippen LogP contribution < -0.4 is 10.6 Å². The average Bonchev–Trinajstić information content (AvgIpc) is 2.97. The Bertz CT molecular complexity index is 475. The molecule has 3 N–H and O–H groups in total. The average molecular weight is 222 g/mol. The lowest BCUT2D eigenvalue weighted by Gasteiger charge is -2.22. The zero-order valence-electron chi connectivity index (χ0n) is 8.32. The Balaban J connectivity index is 1.92. The number of hydrogen-bond acceptors (Lipinski definition) is 4. The van der Waals surface area contributed by atoms with E-state index in [0.29, 0.717) is 17.5 Å². The van der Waals surface area contributed by atoms with E-state index in [0.717, 1.165) is 12.8 Å². The fourth-order valence-corrected chi connectivity index (χ4v) is 1.88. The van der Waals surface area contributed by atoms with Gasteiger partial charge in [-0.25, -0.2) is 4.79 Å². The summed E-state index contributed by atoms with van der Waals surface area (Å²) >= 11 is 0. The molecule has 1 aromatic rings. The van der Waals surface area contributed by atoms with Crippen LogP contribution >= 0.6 is 0 Å². The fourth-order valence-electron chi connectivity index (χ4n) is 1.88. The Labute approximate surface area is 90.6 Å². The summed E-state index contributed by atoms with van der Waals surface area (Å²) in [5.41, 5.74) is 0.402. The van der Waals surface area contributed by atoms with Gasteiger partial charge in [-0.1, -0.05) is 0 Å². The third kappa shape index (κ3) is 1.34. The molecule has 1 aromatic heterocycles. The van der Waals surface area contributed by atoms with Crippen molar-refractivity contribution in [2.24, 2.45) is 5.92 Å². The van der Waals surface area contributed by atoms with Crippen molar-refractivity contribution in [2.75, 3.05) is 10.6 Å². The number of furan rings is 1. The molecule has 1 atom stereocenters. The number of aromatic carboxylic acids is 1. The van der Waals surface area contributed by atoms with Crippen LogP contribution in [0.1, 0.15) is 23.4 Å². The van der Waals surface area contributed by atoms with E-state index >= 15 is 0 Å². The zero-order valence-corrected chi connectivity index (χ0v) is 8.32. The van der Waals surface area contributed by atoms with Gasteiger partial charge in [-0.2, -0.15) is 0 Å². The lowest BCUT2D eigenvalue weighted by molar-refractivity contribution is -0.117. The van der Waals surface area contributed by atoms with E-state index in [9.17, 15) is 9.59 Å². The predicted molar refractivity (Wildman–Crippen MR) is 54.4 cm³/mol. The quantitative estimate of drug-likeness (QED) is 0.697. The van der Waals surface area contributed by atoms with Crippen LogP contribution in [0, 0.1) is 5.92 Å². The minimum atomic E-state index is -1.14. The van der Waals surface area contributed by atoms with E-state index < -0.39 is 5.97 Å². The summed E-state index contributed by atoms with van der Waals surface area (Å²) in [7, 11) is 0. The van der Waals surface area contributed by atoms with Gasteiger partial charge in [0.15, 0.2) is 0 Å². The lowest BCUT2D eigenvalue weighted by Crippen LogP contribution is -2.39. The Morgan fingerprint density at radius 3 is 2.88 bits per heavy atom. The van der Waals surface area contributed by atoms with E-state index in [1.54, 1.807) is 0 Å². The summed E-state index contributed by atoms with van der Waals surface area (Å²) in [6.07, 6.45) is 2.04. The molecule has 1 amide bonds.